The number of hydrogen-bond donors (Lipinski definition) is 0. The van der Waals surface area contributed by atoms with E-state index in [0.29, 0.717) is 10.8 Å². The maximum atomic E-state index is 11.9. The van der Waals surface area contributed by atoms with E-state index in [4.69, 9.17) is 0 Å². The van der Waals surface area contributed by atoms with Crippen molar-refractivity contribution in [3.63, 3.8) is 0 Å². The molecule has 0 bridgehead atoms. The Morgan fingerprint density at radius 3 is 2.44 bits per heavy atom. The predicted octanol–water partition coefficient (Wildman–Crippen LogP) is 2.99. The van der Waals surface area contributed by atoms with Gasteiger partial charge < -0.3 is 0 Å². The highest BCUT2D eigenvalue weighted by atomic mass is 32.2. The standard InChI is InChI=1S/C13H18O2S/c1-13(2,3)11-8-9-16(14,15)12-7-5-4-6-10(11)12/h4-7,11H,8-9H2,1-3H3. The van der Waals surface area contributed by atoms with E-state index in [0.717, 1.165) is 12.0 Å². The minimum atomic E-state index is -3.04. The lowest BCUT2D eigenvalue weighted by Crippen LogP contribution is -2.28. The number of hydrogen-bond acceptors (Lipinski definition) is 2. The summed E-state index contributed by atoms with van der Waals surface area (Å²) in [6, 6.07) is 7.43. The average Bonchev–Trinajstić information content (AvgIpc) is 2.16. The highest BCUT2D eigenvalue weighted by Gasteiger charge is 2.35. The van der Waals surface area contributed by atoms with Crippen molar-refractivity contribution in [2.75, 3.05) is 5.75 Å². The zero-order valence-electron chi connectivity index (χ0n) is 10.0. The van der Waals surface area contributed by atoms with Crippen LogP contribution in [0.25, 0.3) is 0 Å². The fraction of sp³-hybridized carbons (Fsp3) is 0.538. The van der Waals surface area contributed by atoms with Crippen LogP contribution in [0.3, 0.4) is 0 Å². The number of benzene rings is 1. The fourth-order valence-electron chi connectivity index (χ4n) is 2.49. The first kappa shape index (κ1) is 11.6. The molecule has 16 heavy (non-hydrogen) atoms. The van der Waals surface area contributed by atoms with Crippen molar-refractivity contribution in [3.05, 3.63) is 29.8 Å². The van der Waals surface area contributed by atoms with E-state index >= 15 is 0 Å². The molecule has 0 N–H and O–H groups in total. The molecule has 1 atom stereocenters. The van der Waals surface area contributed by atoms with Gasteiger partial charge in [-0.1, -0.05) is 39.0 Å². The maximum absolute atomic E-state index is 11.9. The van der Waals surface area contributed by atoms with Gasteiger partial charge in [-0.25, -0.2) is 8.42 Å². The van der Waals surface area contributed by atoms with E-state index in [-0.39, 0.29) is 11.2 Å². The predicted molar refractivity (Wildman–Crippen MR) is 65.3 cm³/mol. The van der Waals surface area contributed by atoms with Crippen LogP contribution in [0, 0.1) is 5.41 Å². The molecule has 88 valence electrons. The van der Waals surface area contributed by atoms with Crippen molar-refractivity contribution in [1.82, 2.24) is 0 Å². The topological polar surface area (TPSA) is 34.1 Å². The molecule has 1 aromatic carbocycles. The van der Waals surface area contributed by atoms with Crippen LogP contribution in [0.5, 0.6) is 0 Å². The van der Waals surface area contributed by atoms with Crippen LogP contribution in [-0.2, 0) is 9.84 Å². The molecule has 2 nitrogen and oxygen atoms in total. The van der Waals surface area contributed by atoms with Gasteiger partial charge in [0.15, 0.2) is 9.84 Å². The molecule has 0 saturated heterocycles. The Morgan fingerprint density at radius 1 is 1.19 bits per heavy atom. The molecular weight excluding hydrogens is 220 g/mol. The third-order valence-corrected chi connectivity index (χ3v) is 5.17. The van der Waals surface area contributed by atoms with Gasteiger partial charge in [0.1, 0.15) is 0 Å². The van der Waals surface area contributed by atoms with Crippen LogP contribution in [-0.4, -0.2) is 14.2 Å². The van der Waals surface area contributed by atoms with Crippen LogP contribution in [0.1, 0.15) is 38.7 Å². The van der Waals surface area contributed by atoms with E-state index < -0.39 is 9.84 Å². The molecule has 0 amide bonds. The van der Waals surface area contributed by atoms with Gasteiger partial charge in [-0.2, -0.15) is 0 Å². The van der Waals surface area contributed by atoms with Gasteiger partial charge in [-0.3, -0.25) is 0 Å². The molecule has 1 aliphatic rings. The number of rotatable bonds is 0. The highest BCUT2D eigenvalue weighted by molar-refractivity contribution is 7.91. The van der Waals surface area contributed by atoms with Gasteiger partial charge >= 0.3 is 0 Å². The first-order chi connectivity index (χ1) is 7.32. The normalized spacial score (nSPS) is 23.8. The molecule has 1 unspecified atom stereocenters. The molecule has 1 aromatic rings. The average molecular weight is 238 g/mol. The second-order valence-electron chi connectivity index (χ2n) is 5.56. The summed E-state index contributed by atoms with van der Waals surface area (Å²) in [5.74, 6) is 0.624. The molecule has 0 aliphatic carbocycles. The van der Waals surface area contributed by atoms with E-state index in [2.05, 4.69) is 20.8 Å². The lowest BCUT2D eigenvalue weighted by molar-refractivity contribution is 0.305. The van der Waals surface area contributed by atoms with E-state index in [1.807, 2.05) is 12.1 Å². The minimum Gasteiger partial charge on any atom is -0.224 e. The Balaban J connectivity index is 2.61. The van der Waals surface area contributed by atoms with Crippen LogP contribution in [0.2, 0.25) is 0 Å². The van der Waals surface area contributed by atoms with E-state index in [1.165, 1.54) is 0 Å². The Kier molecular flexibility index (Phi) is 2.61. The molecule has 1 aliphatic heterocycles. The van der Waals surface area contributed by atoms with Crippen LogP contribution >= 0.6 is 0 Å². The van der Waals surface area contributed by atoms with Crippen molar-refractivity contribution in [3.8, 4) is 0 Å². The molecule has 2 rings (SSSR count). The fourth-order valence-corrected chi connectivity index (χ4v) is 4.11. The van der Waals surface area contributed by atoms with Gasteiger partial charge in [0.2, 0.25) is 0 Å². The van der Waals surface area contributed by atoms with Crippen molar-refractivity contribution >= 4 is 9.84 Å². The summed E-state index contributed by atoms with van der Waals surface area (Å²) in [7, 11) is -3.04. The lowest BCUT2D eigenvalue weighted by Gasteiger charge is -2.35. The summed E-state index contributed by atoms with van der Waals surface area (Å²) in [4.78, 5) is 0.543. The first-order valence-electron chi connectivity index (χ1n) is 5.64. The molecule has 1 heterocycles. The third kappa shape index (κ3) is 1.88. The largest absolute Gasteiger partial charge is 0.224 e. The Hall–Kier alpha value is -0.830. The zero-order chi connectivity index (χ0) is 12.0. The first-order valence-corrected chi connectivity index (χ1v) is 7.29. The van der Waals surface area contributed by atoms with Gasteiger partial charge in [-0.05, 0) is 29.4 Å². The molecule has 0 spiro atoms. The van der Waals surface area contributed by atoms with Gasteiger partial charge in [0.05, 0.1) is 10.6 Å². The molecule has 0 fully saturated rings. The highest BCUT2D eigenvalue weighted by Crippen LogP contribution is 2.43. The second-order valence-corrected chi connectivity index (χ2v) is 7.64. The SMILES string of the molecule is CC(C)(C)C1CCS(=O)(=O)c2ccccc21. The Labute approximate surface area is 97.6 Å². The van der Waals surface area contributed by atoms with Gasteiger partial charge in [0.25, 0.3) is 0 Å². The zero-order valence-corrected chi connectivity index (χ0v) is 10.8. The smallest absolute Gasteiger partial charge is 0.178 e. The van der Waals surface area contributed by atoms with Gasteiger partial charge in [-0.15, -0.1) is 0 Å². The molecule has 0 radical (unpaired) electrons. The van der Waals surface area contributed by atoms with Gasteiger partial charge in [0, 0.05) is 0 Å². The molecular formula is C13H18O2S. The third-order valence-electron chi connectivity index (χ3n) is 3.35. The number of sulfone groups is 1. The molecule has 3 heteroatoms. The van der Waals surface area contributed by atoms with Crippen molar-refractivity contribution in [2.24, 2.45) is 5.41 Å². The van der Waals surface area contributed by atoms with Crippen molar-refractivity contribution < 1.29 is 8.42 Å². The molecule has 0 saturated carbocycles. The van der Waals surface area contributed by atoms with E-state index in [1.54, 1.807) is 12.1 Å². The summed E-state index contributed by atoms with van der Waals surface area (Å²) in [6.07, 6.45) is 0.739. The monoisotopic (exact) mass is 238 g/mol. The lowest BCUT2D eigenvalue weighted by atomic mass is 9.75. The maximum Gasteiger partial charge on any atom is 0.178 e. The molecule has 0 aromatic heterocycles. The Bertz CT molecular complexity index is 495. The quantitative estimate of drug-likeness (QED) is 0.696. The van der Waals surface area contributed by atoms with Crippen LogP contribution in [0.4, 0.5) is 0 Å². The summed E-state index contributed by atoms with van der Waals surface area (Å²) in [6.45, 7) is 6.52. The van der Waals surface area contributed by atoms with E-state index in [9.17, 15) is 8.42 Å². The summed E-state index contributed by atoms with van der Waals surface area (Å²) >= 11 is 0. The minimum absolute atomic E-state index is 0.117. The summed E-state index contributed by atoms with van der Waals surface area (Å²) < 4.78 is 23.9. The second kappa shape index (κ2) is 3.59. The summed E-state index contributed by atoms with van der Waals surface area (Å²) in [5, 5.41) is 0. The Morgan fingerprint density at radius 2 is 1.81 bits per heavy atom. The van der Waals surface area contributed by atoms with Crippen molar-refractivity contribution in [2.45, 2.75) is 38.0 Å². The summed E-state index contributed by atoms with van der Waals surface area (Å²) in [5.41, 5.74) is 1.12. The van der Waals surface area contributed by atoms with Crippen LogP contribution in [0.15, 0.2) is 29.2 Å². The number of fused-ring (bicyclic) bond motifs is 1. The van der Waals surface area contributed by atoms with Crippen molar-refractivity contribution in [1.29, 1.82) is 0 Å². The van der Waals surface area contributed by atoms with Crippen LogP contribution < -0.4 is 0 Å².